The predicted molar refractivity (Wildman–Crippen MR) is 249 cm³/mol. The summed E-state index contributed by atoms with van der Waals surface area (Å²) in [5.41, 5.74) is 1.30. The van der Waals surface area contributed by atoms with Gasteiger partial charge in [-0.15, -0.1) is 0 Å². The number of rotatable bonds is 44. The number of ether oxygens (including phenoxy) is 2. The highest BCUT2D eigenvalue weighted by molar-refractivity contribution is 5.82. The van der Waals surface area contributed by atoms with Crippen LogP contribution in [-0.4, -0.2) is 50.2 Å². The Labute approximate surface area is 356 Å². The minimum Gasteiger partial charge on any atom is -0.463 e. The molecule has 0 aromatic rings. The second-order valence-electron chi connectivity index (χ2n) is 17.3. The number of hydrogen-bond donors (Lipinski definition) is 0. The lowest BCUT2D eigenvalue weighted by atomic mass is 9.99. The molecule has 0 spiro atoms. The standard InChI is InChI=1S/C52H97NO4/c1-6-9-12-15-17-18-19-20-21-22-23-24-25-27-32-37-43-50(57-51(54)45-40-46-53(4)5)44-38-33-28-26-29-34-39-47-56-52(55)48-49(41-35-30-14-11-8-3)42-36-31-16-13-10-7-2/h17-18,20-21,48,50H,6-16,19,22-47H2,1-5H3/b18-17-,21-20-,49-48+. The van der Waals surface area contributed by atoms with Gasteiger partial charge in [0, 0.05) is 12.5 Å². The molecule has 0 aromatic carbocycles. The Hall–Kier alpha value is -1.88. The van der Waals surface area contributed by atoms with Gasteiger partial charge in [-0.3, -0.25) is 4.79 Å². The summed E-state index contributed by atoms with van der Waals surface area (Å²) < 4.78 is 11.7. The first-order chi connectivity index (χ1) is 27.9. The van der Waals surface area contributed by atoms with Gasteiger partial charge in [-0.25, -0.2) is 4.79 Å². The molecule has 1 unspecified atom stereocenters. The smallest absolute Gasteiger partial charge is 0.330 e. The Morgan fingerprint density at radius 3 is 1.46 bits per heavy atom. The van der Waals surface area contributed by atoms with Gasteiger partial charge in [0.2, 0.25) is 0 Å². The molecule has 0 fully saturated rings. The van der Waals surface area contributed by atoms with Crippen molar-refractivity contribution in [2.45, 2.75) is 258 Å². The average molecular weight is 800 g/mol. The van der Waals surface area contributed by atoms with Crippen molar-refractivity contribution in [3.05, 3.63) is 36.0 Å². The van der Waals surface area contributed by atoms with Gasteiger partial charge in [-0.05, 0) is 117 Å². The molecule has 0 aliphatic heterocycles. The van der Waals surface area contributed by atoms with Crippen LogP contribution in [0.1, 0.15) is 252 Å². The highest BCUT2D eigenvalue weighted by Crippen LogP contribution is 2.20. The van der Waals surface area contributed by atoms with E-state index in [0.717, 1.165) is 70.8 Å². The molecule has 0 heterocycles. The summed E-state index contributed by atoms with van der Waals surface area (Å²) in [6, 6.07) is 0. The maximum absolute atomic E-state index is 12.6. The zero-order valence-corrected chi connectivity index (χ0v) is 38.9. The second kappa shape index (κ2) is 45.2. The Balaban J connectivity index is 4.29. The number of carbonyl (C=O) groups is 2. The topological polar surface area (TPSA) is 55.8 Å². The van der Waals surface area contributed by atoms with Crippen LogP contribution in [-0.2, 0) is 19.1 Å². The Bertz CT molecular complexity index is 954. The molecule has 0 saturated heterocycles. The molecule has 0 N–H and O–H groups in total. The highest BCUT2D eigenvalue weighted by atomic mass is 16.5. The fourth-order valence-electron chi connectivity index (χ4n) is 7.50. The number of nitrogens with zero attached hydrogens (tertiary/aromatic N) is 1. The minimum absolute atomic E-state index is 0.0190. The van der Waals surface area contributed by atoms with E-state index in [-0.39, 0.29) is 18.0 Å². The fourth-order valence-corrected chi connectivity index (χ4v) is 7.50. The molecule has 0 aliphatic carbocycles. The van der Waals surface area contributed by atoms with Crippen LogP contribution in [0.5, 0.6) is 0 Å². The lowest BCUT2D eigenvalue weighted by Crippen LogP contribution is -2.20. The van der Waals surface area contributed by atoms with Crippen molar-refractivity contribution in [1.82, 2.24) is 4.90 Å². The van der Waals surface area contributed by atoms with Crippen molar-refractivity contribution in [3.63, 3.8) is 0 Å². The van der Waals surface area contributed by atoms with Gasteiger partial charge in [0.1, 0.15) is 6.10 Å². The number of hydrogen-bond acceptors (Lipinski definition) is 5. The van der Waals surface area contributed by atoms with E-state index in [4.69, 9.17) is 9.47 Å². The Morgan fingerprint density at radius 2 is 0.930 bits per heavy atom. The zero-order valence-electron chi connectivity index (χ0n) is 38.9. The van der Waals surface area contributed by atoms with Crippen LogP contribution in [0.25, 0.3) is 0 Å². The van der Waals surface area contributed by atoms with E-state index in [1.54, 1.807) is 0 Å². The zero-order chi connectivity index (χ0) is 41.7. The SMILES string of the molecule is CCCCC/C=C\C/C=C\CCCCCCCCC(CCCCCCCCCOC(=O)/C=C(\CCCCCCC)CCCCCCCC)OC(=O)CCCN(C)C. The Morgan fingerprint density at radius 1 is 0.491 bits per heavy atom. The first kappa shape index (κ1) is 55.1. The molecule has 5 nitrogen and oxygen atoms in total. The van der Waals surface area contributed by atoms with Crippen LogP contribution in [0, 0.1) is 0 Å². The van der Waals surface area contributed by atoms with E-state index in [0.29, 0.717) is 13.0 Å². The molecule has 0 aliphatic rings. The third-order valence-corrected chi connectivity index (χ3v) is 11.2. The summed E-state index contributed by atoms with van der Waals surface area (Å²) in [6.07, 6.45) is 53.8. The molecule has 57 heavy (non-hydrogen) atoms. The number of esters is 2. The van der Waals surface area contributed by atoms with Crippen molar-refractivity contribution in [1.29, 1.82) is 0 Å². The van der Waals surface area contributed by atoms with Crippen molar-refractivity contribution < 1.29 is 19.1 Å². The quantitative estimate of drug-likeness (QED) is 0.0266. The molecule has 334 valence electrons. The molecule has 0 radical (unpaired) electrons. The van der Waals surface area contributed by atoms with Crippen molar-refractivity contribution in [3.8, 4) is 0 Å². The Kier molecular flexibility index (Phi) is 43.7. The van der Waals surface area contributed by atoms with Gasteiger partial charge in [0.25, 0.3) is 0 Å². The summed E-state index contributed by atoms with van der Waals surface area (Å²) in [5.74, 6) is -0.151. The van der Waals surface area contributed by atoms with Gasteiger partial charge in [-0.2, -0.15) is 0 Å². The van der Waals surface area contributed by atoms with Crippen LogP contribution in [0.15, 0.2) is 36.0 Å². The molecule has 0 aromatic heterocycles. The monoisotopic (exact) mass is 800 g/mol. The van der Waals surface area contributed by atoms with Gasteiger partial charge in [0.15, 0.2) is 0 Å². The summed E-state index contributed by atoms with van der Waals surface area (Å²) in [7, 11) is 4.11. The molecular formula is C52H97NO4. The largest absolute Gasteiger partial charge is 0.463 e. The van der Waals surface area contributed by atoms with Crippen LogP contribution in [0.4, 0.5) is 0 Å². The van der Waals surface area contributed by atoms with E-state index < -0.39 is 0 Å². The lowest BCUT2D eigenvalue weighted by molar-refractivity contribution is -0.150. The van der Waals surface area contributed by atoms with Crippen molar-refractivity contribution in [2.75, 3.05) is 27.2 Å². The summed E-state index contributed by atoms with van der Waals surface area (Å²) in [6.45, 7) is 8.23. The molecule has 0 rings (SSSR count). The molecule has 0 bridgehead atoms. The van der Waals surface area contributed by atoms with E-state index in [1.807, 2.05) is 6.08 Å². The number of carbonyl (C=O) groups excluding carboxylic acids is 2. The second-order valence-corrected chi connectivity index (χ2v) is 17.3. The first-order valence-corrected chi connectivity index (χ1v) is 24.9. The van der Waals surface area contributed by atoms with Gasteiger partial charge in [0.05, 0.1) is 6.61 Å². The van der Waals surface area contributed by atoms with Crippen LogP contribution in [0.3, 0.4) is 0 Å². The average Bonchev–Trinajstić information content (AvgIpc) is 3.19. The number of unbranched alkanes of at least 4 members (excludes halogenated alkanes) is 24. The third kappa shape index (κ3) is 43.5. The fraction of sp³-hybridized carbons (Fsp3) is 0.846. The first-order valence-electron chi connectivity index (χ1n) is 24.9. The van der Waals surface area contributed by atoms with Crippen molar-refractivity contribution in [2.24, 2.45) is 0 Å². The van der Waals surface area contributed by atoms with Gasteiger partial charge >= 0.3 is 11.9 Å². The van der Waals surface area contributed by atoms with Crippen LogP contribution in [0.2, 0.25) is 0 Å². The van der Waals surface area contributed by atoms with E-state index >= 15 is 0 Å². The predicted octanol–water partition coefficient (Wildman–Crippen LogP) is 16.1. The molecular weight excluding hydrogens is 703 g/mol. The lowest BCUT2D eigenvalue weighted by Gasteiger charge is -2.18. The number of allylic oxidation sites excluding steroid dienone is 5. The van der Waals surface area contributed by atoms with E-state index in [2.05, 4.69) is 64.1 Å². The third-order valence-electron chi connectivity index (χ3n) is 11.2. The van der Waals surface area contributed by atoms with Crippen LogP contribution < -0.4 is 0 Å². The van der Waals surface area contributed by atoms with Crippen molar-refractivity contribution >= 4 is 11.9 Å². The summed E-state index contributed by atoms with van der Waals surface area (Å²) in [5, 5.41) is 0. The summed E-state index contributed by atoms with van der Waals surface area (Å²) in [4.78, 5) is 27.4. The summed E-state index contributed by atoms with van der Waals surface area (Å²) >= 11 is 0. The molecule has 1 atom stereocenters. The van der Waals surface area contributed by atoms with E-state index in [1.165, 1.54) is 166 Å². The molecule has 5 heteroatoms. The van der Waals surface area contributed by atoms with Crippen LogP contribution >= 0.6 is 0 Å². The normalized spacial score (nSPS) is 12.7. The maximum Gasteiger partial charge on any atom is 0.330 e. The maximum atomic E-state index is 12.6. The molecule has 0 amide bonds. The molecule has 0 saturated carbocycles. The highest BCUT2D eigenvalue weighted by Gasteiger charge is 2.14. The minimum atomic E-state index is -0.132. The van der Waals surface area contributed by atoms with Gasteiger partial charge < -0.3 is 14.4 Å². The van der Waals surface area contributed by atoms with E-state index in [9.17, 15) is 9.59 Å². The van der Waals surface area contributed by atoms with Gasteiger partial charge in [-0.1, -0.05) is 179 Å².